The minimum Gasteiger partial charge on any atom is -0.377 e. The molecule has 2 heterocycles. The van der Waals surface area contributed by atoms with E-state index in [4.69, 9.17) is 4.74 Å². The molecule has 1 atom stereocenters. The second-order valence-corrected chi connectivity index (χ2v) is 6.03. The van der Waals surface area contributed by atoms with Crippen LogP contribution in [-0.4, -0.2) is 47.8 Å². The van der Waals surface area contributed by atoms with E-state index in [1.165, 1.54) is 12.1 Å². The number of aromatic nitrogens is 1. The first-order chi connectivity index (χ1) is 11.1. The Morgan fingerprint density at radius 2 is 2.30 bits per heavy atom. The number of nitrogens with one attached hydrogen (secondary N) is 1. The Hall–Kier alpha value is -2.08. The normalized spacial score (nSPS) is 18.4. The molecule has 2 aromatic rings. The van der Waals surface area contributed by atoms with Crippen LogP contribution in [0.5, 0.6) is 0 Å². The molecular weight excluding hydrogens is 297 g/mol. The van der Waals surface area contributed by atoms with Gasteiger partial charge in [-0.3, -0.25) is 0 Å². The lowest BCUT2D eigenvalue weighted by Crippen LogP contribution is -2.51. The van der Waals surface area contributed by atoms with Crippen LogP contribution in [0.25, 0.3) is 10.9 Å². The van der Waals surface area contributed by atoms with E-state index in [-0.39, 0.29) is 17.9 Å². The molecule has 0 saturated carbocycles. The molecule has 0 aliphatic carbocycles. The number of benzene rings is 1. The van der Waals surface area contributed by atoms with Crippen molar-refractivity contribution in [3.05, 3.63) is 35.8 Å². The fraction of sp³-hybridized carbons (Fsp3) is 0.471. The van der Waals surface area contributed by atoms with Crippen LogP contribution in [0.3, 0.4) is 0 Å². The van der Waals surface area contributed by atoms with Crippen molar-refractivity contribution in [1.82, 2.24) is 14.8 Å². The van der Waals surface area contributed by atoms with Crippen molar-refractivity contribution in [2.75, 3.05) is 26.3 Å². The lowest BCUT2D eigenvalue weighted by molar-refractivity contribution is 0.0191. The summed E-state index contributed by atoms with van der Waals surface area (Å²) in [6.07, 6.45) is 2.71. The van der Waals surface area contributed by atoms with E-state index in [1.54, 1.807) is 6.07 Å². The van der Waals surface area contributed by atoms with E-state index < -0.39 is 0 Å². The Balaban J connectivity index is 1.61. The molecule has 1 fully saturated rings. The second-order valence-electron chi connectivity index (χ2n) is 6.03. The van der Waals surface area contributed by atoms with Crippen molar-refractivity contribution < 1.29 is 13.9 Å². The van der Waals surface area contributed by atoms with Gasteiger partial charge in [0.05, 0.1) is 24.8 Å². The lowest BCUT2D eigenvalue weighted by atomic mass is 10.1. The number of ether oxygens (including phenoxy) is 1. The van der Waals surface area contributed by atoms with Crippen molar-refractivity contribution in [1.29, 1.82) is 0 Å². The van der Waals surface area contributed by atoms with Crippen LogP contribution in [0, 0.1) is 5.82 Å². The molecule has 124 valence electrons. The van der Waals surface area contributed by atoms with Gasteiger partial charge in [-0.05, 0) is 37.1 Å². The van der Waals surface area contributed by atoms with Gasteiger partial charge in [0.15, 0.2) is 0 Å². The Morgan fingerprint density at radius 3 is 3.09 bits per heavy atom. The minimum absolute atomic E-state index is 0.0490. The fourth-order valence-corrected chi connectivity index (χ4v) is 3.07. The Kier molecular flexibility index (Phi) is 4.52. The quantitative estimate of drug-likeness (QED) is 0.943. The molecule has 1 aliphatic rings. The highest BCUT2D eigenvalue weighted by Gasteiger charge is 2.23. The van der Waals surface area contributed by atoms with Crippen molar-refractivity contribution >= 4 is 16.9 Å². The molecule has 2 amide bonds. The largest absolute Gasteiger partial charge is 0.377 e. The highest BCUT2D eigenvalue weighted by atomic mass is 19.1. The highest BCUT2D eigenvalue weighted by Crippen LogP contribution is 2.21. The third-order valence-electron chi connectivity index (χ3n) is 4.33. The number of hydrogen-bond donors (Lipinski definition) is 1. The zero-order chi connectivity index (χ0) is 16.4. The summed E-state index contributed by atoms with van der Waals surface area (Å²) >= 11 is 0. The van der Waals surface area contributed by atoms with Gasteiger partial charge >= 0.3 is 6.03 Å². The summed E-state index contributed by atoms with van der Waals surface area (Å²) < 4.78 is 20.6. The first kappa shape index (κ1) is 15.8. The number of carbonyl (C=O) groups excluding carboxylic acids is 1. The average molecular weight is 319 g/mol. The molecule has 1 saturated heterocycles. The third-order valence-corrected chi connectivity index (χ3v) is 4.33. The SMILES string of the molecule is C[C@H]1COCCN1C(=O)NCCc1cn(C)c2cc(F)ccc12. The average Bonchev–Trinajstić information content (AvgIpc) is 2.83. The topological polar surface area (TPSA) is 46.5 Å². The molecule has 6 heteroatoms. The van der Waals surface area contributed by atoms with Gasteiger partial charge in [-0.1, -0.05) is 0 Å². The number of rotatable bonds is 3. The van der Waals surface area contributed by atoms with Crippen molar-refractivity contribution in [3.8, 4) is 0 Å². The van der Waals surface area contributed by atoms with Gasteiger partial charge in [-0.15, -0.1) is 0 Å². The van der Waals surface area contributed by atoms with Crippen LogP contribution >= 0.6 is 0 Å². The van der Waals surface area contributed by atoms with Crippen molar-refractivity contribution in [2.24, 2.45) is 7.05 Å². The highest BCUT2D eigenvalue weighted by molar-refractivity contribution is 5.84. The molecular formula is C17H22FN3O2. The third kappa shape index (κ3) is 3.32. The molecule has 0 radical (unpaired) electrons. The number of morpholine rings is 1. The molecule has 5 nitrogen and oxygen atoms in total. The van der Waals surface area contributed by atoms with E-state index in [1.807, 2.05) is 29.6 Å². The number of nitrogens with zero attached hydrogens (tertiary/aromatic N) is 2. The van der Waals surface area contributed by atoms with Gasteiger partial charge in [-0.2, -0.15) is 0 Å². The fourth-order valence-electron chi connectivity index (χ4n) is 3.07. The summed E-state index contributed by atoms with van der Waals surface area (Å²) in [5.41, 5.74) is 1.98. The number of amides is 2. The number of urea groups is 1. The smallest absolute Gasteiger partial charge is 0.317 e. The predicted octanol–water partition coefficient (Wildman–Crippen LogP) is 2.29. The summed E-state index contributed by atoms with van der Waals surface area (Å²) in [5.74, 6) is -0.236. The molecule has 1 N–H and O–H groups in total. The van der Waals surface area contributed by atoms with E-state index in [2.05, 4.69) is 5.32 Å². The first-order valence-electron chi connectivity index (χ1n) is 7.92. The molecule has 0 spiro atoms. The predicted molar refractivity (Wildman–Crippen MR) is 87.0 cm³/mol. The van der Waals surface area contributed by atoms with Crippen molar-refractivity contribution in [2.45, 2.75) is 19.4 Å². The minimum atomic E-state index is -0.236. The van der Waals surface area contributed by atoms with Crippen LogP contribution < -0.4 is 5.32 Å². The lowest BCUT2D eigenvalue weighted by Gasteiger charge is -2.33. The van der Waals surface area contributed by atoms with Crippen LogP contribution in [0.15, 0.2) is 24.4 Å². The summed E-state index contributed by atoms with van der Waals surface area (Å²) in [6.45, 7) is 4.34. The Bertz CT molecular complexity index is 713. The molecule has 1 aromatic carbocycles. The van der Waals surface area contributed by atoms with Gasteiger partial charge in [-0.25, -0.2) is 9.18 Å². The summed E-state index contributed by atoms with van der Waals surface area (Å²) in [6, 6.07) is 4.86. The summed E-state index contributed by atoms with van der Waals surface area (Å²) in [4.78, 5) is 14.0. The standard InChI is InChI=1S/C17H22FN3O2/c1-12-11-23-8-7-21(12)17(22)19-6-5-13-10-20(2)16-9-14(18)3-4-15(13)16/h3-4,9-10,12H,5-8,11H2,1-2H3,(H,19,22)/t12-/m0/s1. The Labute approximate surface area is 135 Å². The van der Waals surface area contributed by atoms with Gasteiger partial charge in [0.1, 0.15) is 5.82 Å². The van der Waals surface area contributed by atoms with E-state index in [9.17, 15) is 9.18 Å². The number of carbonyl (C=O) groups is 1. The van der Waals surface area contributed by atoms with Gasteiger partial charge in [0.2, 0.25) is 0 Å². The van der Waals surface area contributed by atoms with Gasteiger partial charge in [0, 0.05) is 31.7 Å². The number of hydrogen-bond acceptors (Lipinski definition) is 2. The second kappa shape index (κ2) is 6.58. The Morgan fingerprint density at radius 1 is 1.48 bits per heavy atom. The summed E-state index contributed by atoms with van der Waals surface area (Å²) in [7, 11) is 1.90. The van der Waals surface area contributed by atoms with Gasteiger partial charge in [0.25, 0.3) is 0 Å². The van der Waals surface area contributed by atoms with Crippen LogP contribution in [-0.2, 0) is 18.2 Å². The van der Waals surface area contributed by atoms with Crippen molar-refractivity contribution in [3.63, 3.8) is 0 Å². The molecule has 23 heavy (non-hydrogen) atoms. The zero-order valence-corrected chi connectivity index (χ0v) is 13.5. The molecule has 1 aromatic heterocycles. The van der Waals surface area contributed by atoms with E-state index in [0.29, 0.717) is 32.7 Å². The van der Waals surface area contributed by atoms with E-state index in [0.717, 1.165) is 16.5 Å². The van der Waals surface area contributed by atoms with Gasteiger partial charge < -0.3 is 19.5 Å². The molecule has 3 rings (SSSR count). The first-order valence-corrected chi connectivity index (χ1v) is 7.92. The van der Waals surface area contributed by atoms with Crippen LogP contribution in [0.4, 0.5) is 9.18 Å². The van der Waals surface area contributed by atoms with Crippen LogP contribution in [0.2, 0.25) is 0 Å². The molecule has 0 bridgehead atoms. The zero-order valence-electron chi connectivity index (χ0n) is 13.5. The maximum atomic E-state index is 13.3. The maximum Gasteiger partial charge on any atom is 0.317 e. The van der Waals surface area contributed by atoms with Crippen LogP contribution in [0.1, 0.15) is 12.5 Å². The molecule has 1 aliphatic heterocycles. The molecule has 0 unspecified atom stereocenters. The number of fused-ring (bicyclic) bond motifs is 1. The monoisotopic (exact) mass is 319 g/mol. The maximum absolute atomic E-state index is 13.3. The van der Waals surface area contributed by atoms with E-state index >= 15 is 0 Å². The number of aryl methyl sites for hydroxylation is 1. The summed E-state index contributed by atoms with van der Waals surface area (Å²) in [5, 5.41) is 4.00. The number of halogens is 1.